The Balaban J connectivity index is 1.64. The molecule has 3 rings (SSSR count). The number of ether oxygens (including phenoxy) is 2. The van der Waals surface area contributed by atoms with Crippen molar-refractivity contribution in [2.24, 2.45) is 0 Å². The molecule has 142 valence electrons. The van der Waals surface area contributed by atoms with E-state index in [1.54, 1.807) is 50.7 Å². The SMILES string of the molecule is COc1ccc(-c2nnc(S[C@H](C)C(=O)NCc3cccs3)o2)c(OC)c1. The normalized spacial score (nSPS) is 11.8. The minimum absolute atomic E-state index is 0.0878. The van der Waals surface area contributed by atoms with E-state index in [1.165, 1.54) is 11.8 Å². The van der Waals surface area contributed by atoms with Crippen LogP contribution < -0.4 is 14.8 Å². The van der Waals surface area contributed by atoms with Gasteiger partial charge in [-0.15, -0.1) is 21.5 Å². The molecule has 9 heteroatoms. The van der Waals surface area contributed by atoms with Crippen LogP contribution in [0.1, 0.15) is 11.8 Å². The second-order valence-electron chi connectivity index (χ2n) is 5.50. The maximum absolute atomic E-state index is 12.2. The van der Waals surface area contributed by atoms with E-state index in [2.05, 4.69) is 15.5 Å². The third-order valence-electron chi connectivity index (χ3n) is 3.71. The van der Waals surface area contributed by atoms with Crippen molar-refractivity contribution in [1.82, 2.24) is 15.5 Å². The second kappa shape index (κ2) is 8.92. The highest BCUT2D eigenvalue weighted by Crippen LogP contribution is 2.34. The van der Waals surface area contributed by atoms with Crippen LogP contribution in [-0.2, 0) is 11.3 Å². The maximum atomic E-state index is 12.2. The zero-order valence-electron chi connectivity index (χ0n) is 15.1. The van der Waals surface area contributed by atoms with Gasteiger partial charge in [0.1, 0.15) is 11.5 Å². The van der Waals surface area contributed by atoms with Crippen LogP contribution in [0.15, 0.2) is 45.4 Å². The number of benzene rings is 1. The molecular formula is C18H19N3O4S2. The first-order chi connectivity index (χ1) is 13.1. The maximum Gasteiger partial charge on any atom is 0.277 e. The van der Waals surface area contributed by atoms with Gasteiger partial charge in [0.05, 0.1) is 31.6 Å². The predicted octanol–water partition coefficient (Wildman–Crippen LogP) is 3.61. The van der Waals surface area contributed by atoms with Crippen LogP contribution >= 0.6 is 23.1 Å². The average molecular weight is 406 g/mol. The zero-order valence-corrected chi connectivity index (χ0v) is 16.7. The van der Waals surface area contributed by atoms with Gasteiger partial charge in [0, 0.05) is 10.9 Å². The highest BCUT2D eigenvalue weighted by Gasteiger charge is 2.20. The Morgan fingerprint density at radius 1 is 1.30 bits per heavy atom. The highest BCUT2D eigenvalue weighted by atomic mass is 32.2. The Bertz CT molecular complexity index is 896. The van der Waals surface area contributed by atoms with Crippen LogP contribution in [0.2, 0.25) is 0 Å². The molecule has 0 aliphatic carbocycles. The largest absolute Gasteiger partial charge is 0.497 e. The lowest BCUT2D eigenvalue weighted by Gasteiger charge is -2.09. The first-order valence-electron chi connectivity index (χ1n) is 8.13. The zero-order chi connectivity index (χ0) is 19.2. The summed E-state index contributed by atoms with van der Waals surface area (Å²) in [5.41, 5.74) is 0.660. The molecule has 0 aliphatic heterocycles. The fourth-order valence-electron chi connectivity index (χ4n) is 2.28. The predicted molar refractivity (Wildman–Crippen MR) is 104 cm³/mol. The van der Waals surface area contributed by atoms with Gasteiger partial charge in [0.15, 0.2) is 0 Å². The molecule has 0 spiro atoms. The number of carbonyl (C=O) groups is 1. The van der Waals surface area contributed by atoms with Gasteiger partial charge in [-0.3, -0.25) is 4.79 Å². The number of thioether (sulfide) groups is 1. The molecule has 7 nitrogen and oxygen atoms in total. The van der Waals surface area contributed by atoms with Crippen LogP contribution in [0.5, 0.6) is 11.5 Å². The molecule has 2 heterocycles. The van der Waals surface area contributed by atoms with E-state index in [-0.39, 0.29) is 11.2 Å². The summed E-state index contributed by atoms with van der Waals surface area (Å²) in [4.78, 5) is 13.3. The molecule has 1 atom stereocenters. The Hall–Kier alpha value is -2.52. The second-order valence-corrected chi connectivity index (χ2v) is 7.82. The van der Waals surface area contributed by atoms with E-state index in [0.29, 0.717) is 34.7 Å². The molecule has 0 bridgehead atoms. The number of methoxy groups -OCH3 is 2. The summed E-state index contributed by atoms with van der Waals surface area (Å²) in [5.74, 6) is 1.47. The van der Waals surface area contributed by atoms with Gasteiger partial charge in [-0.05, 0) is 30.5 Å². The monoisotopic (exact) mass is 405 g/mol. The van der Waals surface area contributed by atoms with Gasteiger partial charge in [-0.2, -0.15) is 0 Å². The fourth-order valence-corrected chi connectivity index (χ4v) is 3.63. The molecule has 2 aromatic heterocycles. The quantitative estimate of drug-likeness (QED) is 0.573. The summed E-state index contributed by atoms with van der Waals surface area (Å²) < 4.78 is 16.2. The van der Waals surface area contributed by atoms with Crippen LogP contribution in [0.25, 0.3) is 11.5 Å². The van der Waals surface area contributed by atoms with Crippen LogP contribution in [0.3, 0.4) is 0 Å². The topological polar surface area (TPSA) is 86.5 Å². The van der Waals surface area contributed by atoms with Crippen LogP contribution in [0, 0.1) is 0 Å². The summed E-state index contributed by atoms with van der Waals surface area (Å²) in [5, 5.41) is 12.9. The summed E-state index contributed by atoms with van der Waals surface area (Å²) in [6.45, 7) is 2.31. The fraction of sp³-hybridized carbons (Fsp3) is 0.278. The average Bonchev–Trinajstić information content (AvgIpc) is 3.37. The summed E-state index contributed by atoms with van der Waals surface area (Å²) >= 11 is 2.82. The molecule has 0 aliphatic rings. The van der Waals surface area contributed by atoms with E-state index in [9.17, 15) is 4.79 Å². The Kier molecular flexibility index (Phi) is 6.36. The third-order valence-corrected chi connectivity index (χ3v) is 5.52. The lowest BCUT2D eigenvalue weighted by molar-refractivity contribution is -0.120. The number of rotatable bonds is 8. The van der Waals surface area contributed by atoms with E-state index in [1.807, 2.05) is 17.5 Å². The number of hydrogen-bond acceptors (Lipinski definition) is 8. The van der Waals surface area contributed by atoms with Gasteiger partial charge in [0.2, 0.25) is 5.91 Å². The molecule has 0 fully saturated rings. The Morgan fingerprint density at radius 2 is 2.15 bits per heavy atom. The molecular weight excluding hydrogens is 386 g/mol. The summed E-state index contributed by atoms with van der Waals surface area (Å²) in [7, 11) is 3.14. The van der Waals surface area contributed by atoms with E-state index in [4.69, 9.17) is 13.9 Å². The number of aromatic nitrogens is 2. The number of amides is 1. The molecule has 0 unspecified atom stereocenters. The summed E-state index contributed by atoms with van der Waals surface area (Å²) in [6, 6.07) is 9.26. The van der Waals surface area contributed by atoms with Crippen molar-refractivity contribution in [3.8, 4) is 23.0 Å². The lowest BCUT2D eigenvalue weighted by atomic mass is 10.2. The Morgan fingerprint density at radius 3 is 2.85 bits per heavy atom. The molecule has 0 saturated heterocycles. The van der Waals surface area contributed by atoms with E-state index >= 15 is 0 Å². The Labute approximate surface area is 165 Å². The van der Waals surface area contributed by atoms with Crippen LogP contribution in [-0.4, -0.2) is 35.6 Å². The van der Waals surface area contributed by atoms with Crippen LogP contribution in [0.4, 0.5) is 0 Å². The van der Waals surface area contributed by atoms with Crippen molar-refractivity contribution in [1.29, 1.82) is 0 Å². The minimum Gasteiger partial charge on any atom is -0.497 e. The highest BCUT2D eigenvalue weighted by molar-refractivity contribution is 8.00. The van der Waals surface area contributed by atoms with Crippen molar-refractivity contribution >= 4 is 29.0 Å². The van der Waals surface area contributed by atoms with Crippen molar-refractivity contribution < 1.29 is 18.7 Å². The smallest absolute Gasteiger partial charge is 0.277 e. The molecule has 27 heavy (non-hydrogen) atoms. The molecule has 0 radical (unpaired) electrons. The van der Waals surface area contributed by atoms with Gasteiger partial charge >= 0.3 is 0 Å². The minimum atomic E-state index is -0.365. The van der Waals surface area contributed by atoms with Crippen molar-refractivity contribution in [3.63, 3.8) is 0 Å². The molecule has 1 amide bonds. The van der Waals surface area contributed by atoms with Crippen molar-refractivity contribution in [2.75, 3.05) is 14.2 Å². The van der Waals surface area contributed by atoms with E-state index < -0.39 is 0 Å². The first-order valence-corrected chi connectivity index (χ1v) is 9.89. The van der Waals surface area contributed by atoms with Crippen molar-refractivity contribution in [2.45, 2.75) is 23.9 Å². The summed E-state index contributed by atoms with van der Waals surface area (Å²) in [6.07, 6.45) is 0. The van der Waals surface area contributed by atoms with Crippen molar-refractivity contribution in [3.05, 3.63) is 40.6 Å². The number of nitrogens with one attached hydrogen (secondary N) is 1. The first kappa shape index (κ1) is 19.2. The lowest BCUT2D eigenvalue weighted by Crippen LogP contribution is -2.30. The van der Waals surface area contributed by atoms with Gasteiger partial charge in [0.25, 0.3) is 11.1 Å². The number of carbonyl (C=O) groups excluding carboxylic acids is 1. The number of thiophene rings is 1. The molecule has 0 saturated carbocycles. The molecule has 1 aromatic carbocycles. The van der Waals surface area contributed by atoms with E-state index in [0.717, 1.165) is 4.88 Å². The molecule has 1 N–H and O–H groups in total. The molecule has 3 aromatic rings. The number of nitrogens with zero attached hydrogens (tertiary/aromatic N) is 2. The van der Waals surface area contributed by atoms with Gasteiger partial charge in [-0.25, -0.2) is 0 Å². The third kappa shape index (κ3) is 4.81. The standard InChI is InChI=1S/C18H19N3O4S2/c1-11(16(22)19-10-13-5-4-8-26-13)27-18-21-20-17(25-18)14-7-6-12(23-2)9-15(14)24-3/h4-9,11H,10H2,1-3H3,(H,19,22)/t11-/m1/s1. The van der Waals surface area contributed by atoms with Gasteiger partial charge < -0.3 is 19.2 Å². The number of hydrogen-bond donors (Lipinski definition) is 1. The van der Waals surface area contributed by atoms with Gasteiger partial charge in [-0.1, -0.05) is 17.8 Å².